The van der Waals surface area contributed by atoms with Gasteiger partial charge in [-0.05, 0) is 34.1 Å². The number of anilines is 1. The summed E-state index contributed by atoms with van der Waals surface area (Å²) in [4.78, 5) is 23.7. The van der Waals surface area contributed by atoms with Gasteiger partial charge in [0.05, 0.1) is 11.3 Å². The predicted octanol–water partition coefficient (Wildman–Crippen LogP) is 3.72. The zero-order valence-corrected chi connectivity index (χ0v) is 13.2. The number of carbonyl (C=O) groups is 2. The highest BCUT2D eigenvalue weighted by Crippen LogP contribution is 2.30. The van der Waals surface area contributed by atoms with Crippen molar-refractivity contribution in [1.82, 2.24) is 0 Å². The Morgan fingerprint density at radius 2 is 1.60 bits per heavy atom. The highest BCUT2D eigenvalue weighted by atomic mass is 79.9. The Morgan fingerprint density at radius 3 is 2.20 bits per heavy atom. The molecule has 0 unspecified atom stereocenters. The first-order valence-electron chi connectivity index (χ1n) is 5.53. The first-order chi connectivity index (χ1) is 9.41. The molecule has 0 aliphatic rings. The van der Waals surface area contributed by atoms with Crippen molar-refractivity contribution in [2.24, 2.45) is 0 Å². The molecule has 102 valence electrons. The van der Waals surface area contributed by atoms with E-state index in [1.54, 1.807) is 24.3 Å². The van der Waals surface area contributed by atoms with Gasteiger partial charge in [-0.15, -0.1) is 0 Å². The average molecular weight is 399 g/mol. The van der Waals surface area contributed by atoms with Gasteiger partial charge in [-0.3, -0.25) is 4.79 Å². The lowest BCUT2D eigenvalue weighted by molar-refractivity contribution is 0.0693. The maximum atomic E-state index is 12.5. The van der Waals surface area contributed by atoms with Gasteiger partial charge in [0.1, 0.15) is 0 Å². The first kappa shape index (κ1) is 14.7. The third kappa shape index (κ3) is 2.76. The summed E-state index contributed by atoms with van der Waals surface area (Å²) in [7, 11) is 0. The van der Waals surface area contributed by atoms with Crippen LogP contribution in [0.3, 0.4) is 0 Å². The fourth-order valence-electron chi connectivity index (χ4n) is 1.79. The van der Waals surface area contributed by atoms with Gasteiger partial charge < -0.3 is 10.8 Å². The van der Waals surface area contributed by atoms with Gasteiger partial charge in [0.2, 0.25) is 0 Å². The number of carboxylic acid groups (broad SMARTS) is 1. The largest absolute Gasteiger partial charge is 0.478 e. The van der Waals surface area contributed by atoms with E-state index in [1.807, 2.05) is 0 Å². The Hall–Kier alpha value is -1.66. The number of nitrogen functional groups attached to an aromatic ring is 1. The fraction of sp³-hybridized carbons (Fsp3) is 0. The Morgan fingerprint density at radius 1 is 1.00 bits per heavy atom. The van der Waals surface area contributed by atoms with Gasteiger partial charge in [-0.1, -0.05) is 34.1 Å². The van der Waals surface area contributed by atoms with Crippen LogP contribution >= 0.6 is 31.9 Å². The highest BCUT2D eigenvalue weighted by Gasteiger charge is 2.20. The van der Waals surface area contributed by atoms with E-state index in [-0.39, 0.29) is 22.4 Å². The van der Waals surface area contributed by atoms with E-state index in [2.05, 4.69) is 31.9 Å². The molecule has 0 aliphatic heterocycles. The smallest absolute Gasteiger partial charge is 0.336 e. The van der Waals surface area contributed by atoms with Gasteiger partial charge in [0, 0.05) is 20.1 Å². The second-order valence-corrected chi connectivity index (χ2v) is 5.80. The van der Waals surface area contributed by atoms with Crippen molar-refractivity contribution in [3.63, 3.8) is 0 Å². The second-order valence-electron chi connectivity index (χ2n) is 4.03. The number of hydrogen-bond donors (Lipinski definition) is 2. The second kappa shape index (κ2) is 5.76. The summed E-state index contributed by atoms with van der Waals surface area (Å²) in [6.07, 6.45) is 0. The number of carboxylic acids is 1. The molecule has 0 heterocycles. The van der Waals surface area contributed by atoms with Crippen molar-refractivity contribution in [1.29, 1.82) is 0 Å². The molecule has 2 aromatic carbocycles. The summed E-state index contributed by atoms with van der Waals surface area (Å²) in [5.41, 5.74) is 6.47. The first-order valence-corrected chi connectivity index (χ1v) is 7.12. The van der Waals surface area contributed by atoms with Crippen LogP contribution in [0.4, 0.5) is 5.69 Å². The van der Waals surface area contributed by atoms with Crippen molar-refractivity contribution in [2.45, 2.75) is 0 Å². The lowest BCUT2D eigenvalue weighted by Crippen LogP contribution is -2.11. The number of aromatic carboxylic acids is 1. The number of rotatable bonds is 3. The Labute approximate surface area is 131 Å². The summed E-state index contributed by atoms with van der Waals surface area (Å²) in [6.45, 7) is 0. The highest BCUT2D eigenvalue weighted by molar-refractivity contribution is 9.11. The number of hydrogen-bond acceptors (Lipinski definition) is 3. The lowest BCUT2D eigenvalue weighted by atomic mass is 9.97. The SMILES string of the molecule is Nc1c(Br)cc(Br)cc1C(=O)c1ccccc1C(=O)O. The van der Waals surface area contributed by atoms with Gasteiger partial charge in [0.25, 0.3) is 0 Å². The van der Waals surface area contributed by atoms with Crippen molar-refractivity contribution < 1.29 is 14.7 Å². The van der Waals surface area contributed by atoms with Crippen molar-refractivity contribution in [3.8, 4) is 0 Å². The van der Waals surface area contributed by atoms with Crippen molar-refractivity contribution >= 4 is 49.3 Å². The molecule has 0 saturated heterocycles. The molecule has 4 nitrogen and oxygen atoms in total. The molecule has 0 aromatic heterocycles. The van der Waals surface area contributed by atoms with E-state index in [9.17, 15) is 9.59 Å². The average Bonchev–Trinajstić information content (AvgIpc) is 2.42. The molecule has 0 spiro atoms. The summed E-state index contributed by atoms with van der Waals surface area (Å²) in [6, 6.07) is 9.33. The fourth-order valence-corrected chi connectivity index (χ4v) is 3.01. The number of carbonyl (C=O) groups excluding carboxylic acids is 1. The molecule has 0 aliphatic carbocycles. The monoisotopic (exact) mass is 397 g/mol. The van der Waals surface area contributed by atoms with Gasteiger partial charge in [0.15, 0.2) is 5.78 Å². The molecular formula is C14H9Br2NO3. The molecule has 2 rings (SSSR count). The van der Waals surface area contributed by atoms with Crippen molar-refractivity contribution in [3.05, 3.63) is 62.0 Å². The molecule has 6 heteroatoms. The number of benzene rings is 2. The Balaban J connectivity index is 2.61. The normalized spacial score (nSPS) is 10.3. The van der Waals surface area contributed by atoms with Crippen LogP contribution in [0.1, 0.15) is 26.3 Å². The maximum Gasteiger partial charge on any atom is 0.336 e. The minimum atomic E-state index is -1.15. The molecule has 20 heavy (non-hydrogen) atoms. The third-order valence-electron chi connectivity index (χ3n) is 2.74. The molecule has 0 radical (unpaired) electrons. The topological polar surface area (TPSA) is 80.4 Å². The maximum absolute atomic E-state index is 12.5. The molecule has 0 fully saturated rings. The van der Waals surface area contributed by atoms with E-state index in [1.165, 1.54) is 12.1 Å². The van der Waals surface area contributed by atoms with Crippen molar-refractivity contribution in [2.75, 3.05) is 5.73 Å². The minimum absolute atomic E-state index is 0.0482. The zero-order valence-electron chi connectivity index (χ0n) is 10.1. The van der Waals surface area contributed by atoms with Crippen LogP contribution in [0, 0.1) is 0 Å². The van der Waals surface area contributed by atoms with Crippen LogP contribution in [-0.2, 0) is 0 Å². The van der Waals surface area contributed by atoms with Crippen LogP contribution < -0.4 is 5.73 Å². The van der Waals surface area contributed by atoms with Crippen LogP contribution in [0.2, 0.25) is 0 Å². The van der Waals surface area contributed by atoms with E-state index < -0.39 is 11.8 Å². The standard InChI is InChI=1S/C14H9Br2NO3/c15-7-5-10(12(17)11(16)6-7)13(18)8-3-1-2-4-9(8)14(19)20/h1-6H,17H2,(H,19,20). The quantitative estimate of drug-likeness (QED) is 0.609. The molecule has 0 atom stereocenters. The predicted molar refractivity (Wildman–Crippen MR) is 83.1 cm³/mol. The summed E-state index contributed by atoms with van der Waals surface area (Å²) < 4.78 is 1.25. The molecule has 0 amide bonds. The number of ketones is 1. The Bertz CT molecular complexity index is 714. The molecule has 2 aromatic rings. The molecule has 0 saturated carbocycles. The number of nitrogens with two attached hydrogens (primary N) is 1. The zero-order chi connectivity index (χ0) is 14.9. The lowest BCUT2D eigenvalue weighted by Gasteiger charge is -2.09. The minimum Gasteiger partial charge on any atom is -0.478 e. The van der Waals surface area contributed by atoms with Crippen LogP contribution in [0.5, 0.6) is 0 Å². The molecular weight excluding hydrogens is 390 g/mol. The van der Waals surface area contributed by atoms with Gasteiger partial charge in [-0.25, -0.2) is 4.79 Å². The van der Waals surface area contributed by atoms with E-state index >= 15 is 0 Å². The van der Waals surface area contributed by atoms with E-state index in [4.69, 9.17) is 10.8 Å². The third-order valence-corrected chi connectivity index (χ3v) is 3.85. The van der Waals surface area contributed by atoms with E-state index in [0.29, 0.717) is 8.95 Å². The molecule has 3 N–H and O–H groups in total. The van der Waals surface area contributed by atoms with Crippen LogP contribution in [0.15, 0.2) is 45.3 Å². The molecule has 0 bridgehead atoms. The van der Waals surface area contributed by atoms with Gasteiger partial charge in [-0.2, -0.15) is 0 Å². The number of halogens is 2. The summed E-state index contributed by atoms with van der Waals surface area (Å²) >= 11 is 6.54. The summed E-state index contributed by atoms with van der Waals surface area (Å²) in [5, 5.41) is 9.14. The summed E-state index contributed by atoms with van der Waals surface area (Å²) in [5.74, 6) is -1.58. The van der Waals surface area contributed by atoms with Crippen LogP contribution in [-0.4, -0.2) is 16.9 Å². The van der Waals surface area contributed by atoms with Crippen LogP contribution in [0.25, 0.3) is 0 Å². The van der Waals surface area contributed by atoms with Gasteiger partial charge >= 0.3 is 5.97 Å². The Kier molecular flexibility index (Phi) is 4.25. The van der Waals surface area contributed by atoms with E-state index in [0.717, 1.165) is 0 Å².